The van der Waals surface area contributed by atoms with E-state index in [4.69, 9.17) is 9.52 Å². The minimum absolute atomic E-state index is 0.0247. The minimum Gasteiger partial charge on any atom is -0.475 e. The van der Waals surface area contributed by atoms with Crippen LogP contribution in [0.3, 0.4) is 0 Å². The molecule has 0 radical (unpaired) electrons. The lowest BCUT2D eigenvalue weighted by atomic mass is 10.4. The van der Waals surface area contributed by atoms with Crippen LogP contribution in [0.4, 0.5) is 0 Å². The molecule has 0 aromatic carbocycles. The average Bonchev–Trinajstić information content (AvgIpc) is 2.98. The van der Waals surface area contributed by atoms with Crippen LogP contribution < -0.4 is 5.32 Å². The fourth-order valence-electron chi connectivity index (χ4n) is 1.60. The summed E-state index contributed by atoms with van der Waals surface area (Å²) in [6.45, 7) is 2.22. The van der Waals surface area contributed by atoms with Crippen molar-refractivity contribution in [2.75, 3.05) is 6.54 Å². The number of carbonyl (C=O) groups is 1. The molecule has 2 heterocycles. The number of aromatic nitrogens is 2. The second kappa shape index (κ2) is 6.02. The first-order chi connectivity index (χ1) is 8.75. The van der Waals surface area contributed by atoms with E-state index in [1.807, 2.05) is 16.9 Å². The predicted molar refractivity (Wildman–Crippen MR) is 64.2 cm³/mol. The van der Waals surface area contributed by atoms with E-state index in [9.17, 15) is 4.79 Å². The lowest BCUT2D eigenvalue weighted by Gasteiger charge is -2.03. The number of nitrogens with zero attached hydrogens (tertiary/aromatic N) is 2. The molecule has 0 aliphatic carbocycles. The van der Waals surface area contributed by atoms with Crippen molar-refractivity contribution < 1.29 is 14.3 Å². The summed E-state index contributed by atoms with van der Waals surface area (Å²) in [5, 5.41) is 16.0. The van der Waals surface area contributed by atoms with Gasteiger partial charge in [-0.15, -0.1) is 0 Å². The highest BCUT2D eigenvalue weighted by atomic mass is 16.4. The van der Waals surface area contributed by atoms with Crippen LogP contribution in [0.1, 0.15) is 22.7 Å². The van der Waals surface area contributed by atoms with E-state index in [1.165, 1.54) is 6.07 Å². The molecule has 6 heteroatoms. The maximum absolute atomic E-state index is 10.6. The summed E-state index contributed by atoms with van der Waals surface area (Å²) >= 11 is 0. The van der Waals surface area contributed by atoms with Gasteiger partial charge in [-0.1, -0.05) is 0 Å². The van der Waals surface area contributed by atoms with Gasteiger partial charge in [0, 0.05) is 18.9 Å². The lowest BCUT2D eigenvalue weighted by Crippen LogP contribution is -2.16. The van der Waals surface area contributed by atoms with Crippen molar-refractivity contribution in [3.63, 3.8) is 0 Å². The number of rotatable bonds is 7. The molecular formula is C12H15N3O3. The van der Waals surface area contributed by atoms with Crippen LogP contribution in [0.5, 0.6) is 0 Å². The number of hydrogen-bond donors (Lipinski definition) is 2. The molecule has 0 amide bonds. The largest absolute Gasteiger partial charge is 0.475 e. The van der Waals surface area contributed by atoms with Crippen LogP contribution in [0.2, 0.25) is 0 Å². The molecule has 96 valence electrons. The minimum atomic E-state index is -1.04. The van der Waals surface area contributed by atoms with Crippen molar-refractivity contribution in [2.45, 2.75) is 19.5 Å². The maximum Gasteiger partial charge on any atom is 0.371 e. The van der Waals surface area contributed by atoms with Gasteiger partial charge in [-0.3, -0.25) is 4.68 Å². The first kappa shape index (κ1) is 12.4. The topological polar surface area (TPSA) is 80.3 Å². The third-order valence-electron chi connectivity index (χ3n) is 2.47. The Balaban J connectivity index is 1.64. The van der Waals surface area contributed by atoms with E-state index in [1.54, 1.807) is 12.3 Å². The molecule has 0 saturated heterocycles. The van der Waals surface area contributed by atoms with E-state index in [0.29, 0.717) is 12.3 Å². The fraction of sp³-hybridized carbons (Fsp3) is 0.333. The second-order valence-corrected chi connectivity index (χ2v) is 3.87. The Labute approximate surface area is 104 Å². The zero-order valence-corrected chi connectivity index (χ0v) is 9.87. The van der Waals surface area contributed by atoms with Gasteiger partial charge >= 0.3 is 5.97 Å². The molecule has 0 saturated carbocycles. The molecule has 0 unspecified atom stereocenters. The Bertz CT molecular complexity index is 490. The molecule has 2 aromatic rings. The van der Waals surface area contributed by atoms with Crippen molar-refractivity contribution in [1.29, 1.82) is 0 Å². The number of aryl methyl sites for hydroxylation is 1. The zero-order chi connectivity index (χ0) is 12.8. The Morgan fingerprint density at radius 2 is 2.39 bits per heavy atom. The monoisotopic (exact) mass is 249 g/mol. The first-order valence-electron chi connectivity index (χ1n) is 5.76. The van der Waals surface area contributed by atoms with E-state index in [2.05, 4.69) is 10.4 Å². The molecule has 2 N–H and O–H groups in total. The summed E-state index contributed by atoms with van der Waals surface area (Å²) in [6.07, 6.45) is 4.63. The molecule has 0 bridgehead atoms. The quantitative estimate of drug-likeness (QED) is 0.724. The van der Waals surface area contributed by atoms with Gasteiger partial charge in [0.05, 0.1) is 6.54 Å². The van der Waals surface area contributed by atoms with Gasteiger partial charge in [0.1, 0.15) is 5.76 Å². The standard InChI is InChI=1S/C12H15N3O3/c16-12(17)11-4-3-10(18-11)9-13-5-1-7-15-8-2-6-14-15/h2-4,6,8,13H,1,5,7,9H2,(H,16,17). The van der Waals surface area contributed by atoms with Crippen LogP contribution in [0, 0.1) is 0 Å². The normalized spacial score (nSPS) is 10.7. The summed E-state index contributed by atoms with van der Waals surface area (Å²) in [7, 11) is 0. The van der Waals surface area contributed by atoms with Gasteiger partial charge in [-0.2, -0.15) is 5.10 Å². The Morgan fingerprint density at radius 3 is 3.06 bits per heavy atom. The molecule has 18 heavy (non-hydrogen) atoms. The number of carboxylic acids is 1. The highest BCUT2D eigenvalue weighted by Gasteiger charge is 2.07. The van der Waals surface area contributed by atoms with Crippen molar-refractivity contribution in [2.24, 2.45) is 0 Å². The van der Waals surface area contributed by atoms with Crippen LogP contribution in [-0.4, -0.2) is 27.4 Å². The molecule has 2 aromatic heterocycles. The number of nitrogens with one attached hydrogen (secondary N) is 1. The van der Waals surface area contributed by atoms with E-state index < -0.39 is 5.97 Å². The summed E-state index contributed by atoms with van der Waals surface area (Å²) in [6, 6.07) is 5.02. The predicted octanol–water partition coefficient (Wildman–Crippen LogP) is 1.35. The summed E-state index contributed by atoms with van der Waals surface area (Å²) in [4.78, 5) is 10.6. The summed E-state index contributed by atoms with van der Waals surface area (Å²) < 4.78 is 6.99. The Hall–Kier alpha value is -2.08. The molecule has 0 atom stereocenters. The third-order valence-corrected chi connectivity index (χ3v) is 2.47. The molecule has 2 rings (SSSR count). The smallest absolute Gasteiger partial charge is 0.371 e. The number of furan rings is 1. The first-order valence-corrected chi connectivity index (χ1v) is 5.76. The van der Waals surface area contributed by atoms with Crippen LogP contribution in [-0.2, 0) is 13.1 Å². The van der Waals surface area contributed by atoms with E-state index in [0.717, 1.165) is 19.5 Å². The van der Waals surface area contributed by atoms with Gasteiger partial charge in [-0.05, 0) is 31.2 Å². The van der Waals surface area contributed by atoms with Crippen LogP contribution in [0.15, 0.2) is 35.0 Å². The van der Waals surface area contributed by atoms with Crippen LogP contribution in [0.25, 0.3) is 0 Å². The lowest BCUT2D eigenvalue weighted by molar-refractivity contribution is 0.0660. The van der Waals surface area contributed by atoms with Crippen molar-refractivity contribution in [3.8, 4) is 0 Å². The van der Waals surface area contributed by atoms with Gasteiger partial charge in [0.25, 0.3) is 0 Å². The zero-order valence-electron chi connectivity index (χ0n) is 9.87. The molecule has 0 spiro atoms. The van der Waals surface area contributed by atoms with Crippen molar-refractivity contribution in [3.05, 3.63) is 42.1 Å². The van der Waals surface area contributed by atoms with E-state index >= 15 is 0 Å². The van der Waals surface area contributed by atoms with Crippen LogP contribution >= 0.6 is 0 Å². The summed E-state index contributed by atoms with van der Waals surface area (Å²) in [5.41, 5.74) is 0. The molecular weight excluding hydrogens is 234 g/mol. The average molecular weight is 249 g/mol. The SMILES string of the molecule is O=C(O)c1ccc(CNCCCn2cccn2)o1. The molecule has 6 nitrogen and oxygen atoms in total. The highest BCUT2D eigenvalue weighted by molar-refractivity contribution is 5.84. The van der Waals surface area contributed by atoms with Crippen molar-refractivity contribution >= 4 is 5.97 Å². The van der Waals surface area contributed by atoms with E-state index in [-0.39, 0.29) is 5.76 Å². The highest BCUT2D eigenvalue weighted by Crippen LogP contribution is 2.07. The number of hydrogen-bond acceptors (Lipinski definition) is 4. The third kappa shape index (κ3) is 3.46. The molecule has 0 aliphatic rings. The van der Waals surface area contributed by atoms with Crippen molar-refractivity contribution in [1.82, 2.24) is 15.1 Å². The maximum atomic E-state index is 10.6. The number of carboxylic acid groups (broad SMARTS) is 1. The fourth-order valence-corrected chi connectivity index (χ4v) is 1.60. The molecule has 0 fully saturated rings. The van der Waals surface area contributed by atoms with Gasteiger partial charge in [0.15, 0.2) is 0 Å². The summed E-state index contributed by atoms with van der Waals surface area (Å²) in [5.74, 6) is -0.435. The van der Waals surface area contributed by atoms with Gasteiger partial charge < -0.3 is 14.8 Å². The Kier molecular flexibility index (Phi) is 4.14. The molecule has 0 aliphatic heterocycles. The Morgan fingerprint density at radius 1 is 1.50 bits per heavy atom. The number of aromatic carboxylic acids is 1. The second-order valence-electron chi connectivity index (χ2n) is 3.87. The van der Waals surface area contributed by atoms with Gasteiger partial charge in [-0.25, -0.2) is 4.79 Å². The van der Waals surface area contributed by atoms with Gasteiger partial charge in [0.2, 0.25) is 5.76 Å².